The van der Waals surface area contributed by atoms with Crippen molar-refractivity contribution in [3.63, 3.8) is 0 Å². The van der Waals surface area contributed by atoms with E-state index in [1.807, 2.05) is 0 Å². The Morgan fingerprint density at radius 2 is 1.97 bits per heavy atom. The first-order valence-electron chi connectivity index (χ1n) is 11.8. The van der Waals surface area contributed by atoms with Gasteiger partial charge in [-0.05, 0) is 56.3 Å². The van der Waals surface area contributed by atoms with Crippen molar-refractivity contribution in [2.75, 3.05) is 17.2 Å². The van der Waals surface area contributed by atoms with Crippen LogP contribution in [0.3, 0.4) is 0 Å². The molecule has 0 aliphatic heterocycles. The summed E-state index contributed by atoms with van der Waals surface area (Å²) >= 11 is 0. The number of fused-ring (bicyclic) bond motifs is 1. The molecule has 1 atom stereocenters. The summed E-state index contributed by atoms with van der Waals surface area (Å²) in [6.07, 6.45) is 2.98. The normalized spacial score (nSPS) is 11.8. The Bertz CT molecular complexity index is 1700. The second kappa shape index (κ2) is 10.7. The number of aromatic nitrogens is 6. The Balaban J connectivity index is 1.35. The van der Waals surface area contributed by atoms with Gasteiger partial charge in [-0.1, -0.05) is 0 Å². The summed E-state index contributed by atoms with van der Waals surface area (Å²) in [5.74, 6) is 0.366. The highest BCUT2D eigenvalue weighted by atomic mass is 19.1. The highest BCUT2D eigenvalue weighted by Crippen LogP contribution is 2.33. The molecule has 0 fully saturated rings. The number of anilines is 2. The van der Waals surface area contributed by atoms with E-state index in [1.54, 1.807) is 32.2 Å². The fraction of sp³-hybridized carbons (Fsp3) is 0.154. The molecule has 0 bridgehead atoms. The summed E-state index contributed by atoms with van der Waals surface area (Å²) < 4.78 is 20.3. The van der Waals surface area contributed by atoms with Gasteiger partial charge in [0.25, 0.3) is 11.5 Å². The topological polar surface area (TPSA) is 160 Å². The third kappa shape index (κ3) is 5.43. The molecule has 13 heteroatoms. The first-order valence-corrected chi connectivity index (χ1v) is 11.8. The van der Waals surface area contributed by atoms with Crippen molar-refractivity contribution in [1.29, 1.82) is 0 Å². The van der Waals surface area contributed by atoms with Crippen LogP contribution in [0, 0.1) is 12.7 Å². The molecule has 198 valence electrons. The molecule has 4 heterocycles. The molecule has 5 aromatic rings. The number of nitrogens with one attached hydrogen (secondary N) is 3. The van der Waals surface area contributed by atoms with Crippen molar-refractivity contribution in [2.45, 2.75) is 19.9 Å². The molecule has 0 aliphatic carbocycles. The number of halogens is 1. The molecule has 0 radical (unpaired) electrons. The molecule has 4 aromatic heterocycles. The predicted octanol–water partition coefficient (Wildman–Crippen LogP) is 3.18. The number of nitrogens with zero attached hydrogens (tertiary/aromatic N) is 5. The average Bonchev–Trinajstić information content (AvgIpc) is 3.34. The van der Waals surface area contributed by atoms with Crippen molar-refractivity contribution < 1.29 is 19.0 Å². The standard InChI is InChI=1S/C26H23FN8O4/c1-14-11-19(26(38)35(34-14)17-5-3-16(27)4-6-17)25(37)31-21-8-7-18(12-29-21)39-20-9-10-28-23-22(20)24(33-32-23)30-15(2)13-36/h3-12,15,36H,13H2,1-2H3,(H,29,31,37)(H2,28,30,32,33)/t15-/m1/s1. The van der Waals surface area contributed by atoms with Crippen LogP contribution >= 0.6 is 0 Å². The maximum Gasteiger partial charge on any atom is 0.284 e. The molecular formula is C26H23FN8O4. The van der Waals surface area contributed by atoms with Crippen LogP contribution in [0.1, 0.15) is 23.0 Å². The van der Waals surface area contributed by atoms with Gasteiger partial charge in [0.15, 0.2) is 11.5 Å². The van der Waals surface area contributed by atoms with E-state index < -0.39 is 17.3 Å². The summed E-state index contributed by atoms with van der Waals surface area (Å²) in [7, 11) is 0. The fourth-order valence-electron chi connectivity index (χ4n) is 3.75. The lowest BCUT2D eigenvalue weighted by Gasteiger charge is -2.12. The molecule has 0 unspecified atom stereocenters. The van der Waals surface area contributed by atoms with E-state index in [0.29, 0.717) is 39.7 Å². The molecule has 1 aromatic carbocycles. The molecule has 5 rings (SSSR count). The first-order chi connectivity index (χ1) is 18.8. The van der Waals surface area contributed by atoms with Gasteiger partial charge in [-0.15, -0.1) is 0 Å². The van der Waals surface area contributed by atoms with E-state index in [-0.39, 0.29) is 24.0 Å². The zero-order valence-corrected chi connectivity index (χ0v) is 20.8. The van der Waals surface area contributed by atoms with E-state index >= 15 is 0 Å². The Morgan fingerprint density at radius 3 is 2.69 bits per heavy atom. The minimum absolute atomic E-state index is 0.0823. The van der Waals surface area contributed by atoms with Crippen LogP contribution < -0.4 is 20.9 Å². The van der Waals surface area contributed by atoms with Crippen LogP contribution in [0.25, 0.3) is 16.7 Å². The van der Waals surface area contributed by atoms with Crippen molar-refractivity contribution in [3.8, 4) is 17.2 Å². The van der Waals surface area contributed by atoms with Gasteiger partial charge in [0.1, 0.15) is 34.1 Å². The number of aromatic amines is 1. The Labute approximate surface area is 220 Å². The van der Waals surface area contributed by atoms with Crippen molar-refractivity contribution in [2.24, 2.45) is 0 Å². The maximum atomic E-state index is 13.3. The molecular weight excluding hydrogens is 507 g/mol. The number of pyridine rings is 2. The third-order valence-electron chi connectivity index (χ3n) is 5.64. The van der Waals surface area contributed by atoms with Gasteiger partial charge in [0.2, 0.25) is 0 Å². The Kier molecular flexibility index (Phi) is 6.97. The minimum atomic E-state index is -0.675. The highest BCUT2D eigenvalue weighted by molar-refractivity contribution is 6.03. The second-order valence-electron chi connectivity index (χ2n) is 8.66. The molecule has 0 spiro atoms. The number of aliphatic hydroxyl groups is 1. The van der Waals surface area contributed by atoms with Gasteiger partial charge >= 0.3 is 0 Å². The second-order valence-corrected chi connectivity index (χ2v) is 8.66. The molecule has 1 amide bonds. The summed E-state index contributed by atoms with van der Waals surface area (Å²) in [5, 5.41) is 26.8. The third-order valence-corrected chi connectivity index (χ3v) is 5.64. The lowest BCUT2D eigenvalue weighted by atomic mass is 10.2. The number of H-pyrrole nitrogens is 1. The fourth-order valence-corrected chi connectivity index (χ4v) is 3.75. The number of carbonyl (C=O) groups excluding carboxylic acids is 1. The van der Waals surface area contributed by atoms with Gasteiger partial charge < -0.3 is 20.5 Å². The van der Waals surface area contributed by atoms with E-state index in [2.05, 4.69) is 35.9 Å². The number of benzene rings is 1. The average molecular weight is 531 g/mol. The Hall–Kier alpha value is -5.17. The van der Waals surface area contributed by atoms with Gasteiger partial charge in [0, 0.05) is 18.3 Å². The summed E-state index contributed by atoms with van der Waals surface area (Å²) in [6, 6.07) is 11.1. The van der Waals surface area contributed by atoms with Gasteiger partial charge in [-0.3, -0.25) is 14.7 Å². The largest absolute Gasteiger partial charge is 0.455 e. The van der Waals surface area contributed by atoms with Crippen LogP contribution in [-0.4, -0.2) is 53.6 Å². The number of rotatable bonds is 8. The van der Waals surface area contributed by atoms with Crippen molar-refractivity contribution >= 4 is 28.6 Å². The molecule has 0 saturated carbocycles. The number of ether oxygens (including phenoxy) is 1. The maximum absolute atomic E-state index is 13.3. The summed E-state index contributed by atoms with van der Waals surface area (Å²) in [6.45, 7) is 3.36. The molecule has 12 nitrogen and oxygen atoms in total. The van der Waals surface area contributed by atoms with Crippen LogP contribution in [0.5, 0.6) is 11.5 Å². The van der Waals surface area contributed by atoms with Gasteiger partial charge in [-0.2, -0.15) is 14.9 Å². The minimum Gasteiger partial charge on any atom is -0.455 e. The Morgan fingerprint density at radius 1 is 1.18 bits per heavy atom. The van der Waals surface area contributed by atoms with Crippen LogP contribution in [0.4, 0.5) is 16.0 Å². The summed E-state index contributed by atoms with van der Waals surface area (Å²) in [4.78, 5) is 34.4. The summed E-state index contributed by atoms with van der Waals surface area (Å²) in [5.41, 5.74) is 0.435. The van der Waals surface area contributed by atoms with Crippen LogP contribution in [-0.2, 0) is 0 Å². The molecule has 0 aliphatic rings. The van der Waals surface area contributed by atoms with Crippen molar-refractivity contribution in [3.05, 3.63) is 88.4 Å². The number of aryl methyl sites for hydroxylation is 1. The number of aliphatic hydroxyl groups excluding tert-OH is 1. The zero-order chi connectivity index (χ0) is 27.5. The number of hydrogen-bond donors (Lipinski definition) is 4. The predicted molar refractivity (Wildman–Crippen MR) is 141 cm³/mol. The van der Waals surface area contributed by atoms with Gasteiger partial charge in [-0.25, -0.2) is 14.4 Å². The quantitative estimate of drug-likeness (QED) is 0.236. The molecule has 0 saturated heterocycles. The van der Waals surface area contributed by atoms with Crippen LogP contribution in [0.2, 0.25) is 0 Å². The monoisotopic (exact) mass is 530 g/mol. The molecule has 4 N–H and O–H groups in total. The lowest BCUT2D eigenvalue weighted by Crippen LogP contribution is -2.30. The zero-order valence-electron chi connectivity index (χ0n) is 20.8. The van der Waals surface area contributed by atoms with E-state index in [0.717, 1.165) is 4.68 Å². The molecule has 39 heavy (non-hydrogen) atoms. The first kappa shape index (κ1) is 25.5. The lowest BCUT2D eigenvalue weighted by molar-refractivity contribution is 0.102. The number of carbonyl (C=O) groups is 1. The number of amides is 1. The highest BCUT2D eigenvalue weighted by Gasteiger charge is 2.18. The number of hydrogen-bond acceptors (Lipinski definition) is 9. The van der Waals surface area contributed by atoms with E-state index in [4.69, 9.17) is 4.74 Å². The van der Waals surface area contributed by atoms with Crippen LogP contribution in [0.15, 0.2) is 65.7 Å². The van der Waals surface area contributed by atoms with E-state index in [9.17, 15) is 19.1 Å². The smallest absolute Gasteiger partial charge is 0.284 e. The SMILES string of the molecule is Cc1cc(C(=O)Nc2ccc(Oc3ccnc4[nH]nc(N[C@H](C)CO)c34)cn2)c(=O)n(-c2ccc(F)cc2)n1. The van der Waals surface area contributed by atoms with Gasteiger partial charge in [0.05, 0.1) is 24.2 Å². The van der Waals surface area contributed by atoms with E-state index in [1.165, 1.54) is 42.6 Å². The van der Waals surface area contributed by atoms with Crippen molar-refractivity contribution in [1.82, 2.24) is 29.9 Å².